The van der Waals surface area contributed by atoms with Crippen LogP contribution in [0.25, 0.3) is 22.2 Å². The minimum absolute atomic E-state index is 0.0339. The number of ether oxygens (including phenoxy) is 1. The van der Waals surface area contributed by atoms with Gasteiger partial charge in [-0.25, -0.2) is 23.5 Å². The Morgan fingerprint density at radius 2 is 2.19 bits per heavy atom. The summed E-state index contributed by atoms with van der Waals surface area (Å²) in [6.45, 7) is 0.225. The molecule has 0 radical (unpaired) electrons. The lowest BCUT2D eigenvalue weighted by atomic mass is 10.1. The van der Waals surface area contributed by atoms with Gasteiger partial charge in [-0.2, -0.15) is 0 Å². The van der Waals surface area contributed by atoms with E-state index in [2.05, 4.69) is 9.97 Å². The highest BCUT2D eigenvalue weighted by Crippen LogP contribution is 2.34. The van der Waals surface area contributed by atoms with Crippen LogP contribution in [0.2, 0.25) is 0 Å². The molecule has 7 nitrogen and oxygen atoms in total. The Kier molecular flexibility index (Phi) is 4.14. The average Bonchev–Trinajstić information content (AvgIpc) is 3.22. The first-order chi connectivity index (χ1) is 12.9. The summed E-state index contributed by atoms with van der Waals surface area (Å²) >= 11 is 0. The molecule has 27 heavy (non-hydrogen) atoms. The molecule has 1 atom stereocenters. The second-order valence-electron chi connectivity index (χ2n) is 6.46. The van der Waals surface area contributed by atoms with Crippen molar-refractivity contribution in [1.82, 2.24) is 19.4 Å². The van der Waals surface area contributed by atoms with Crippen molar-refractivity contribution in [1.29, 1.82) is 0 Å². The summed E-state index contributed by atoms with van der Waals surface area (Å²) in [5, 5.41) is 0.621. The van der Waals surface area contributed by atoms with Crippen molar-refractivity contribution >= 4 is 22.9 Å². The largest absolute Gasteiger partial charge is 0.415 e. The maximum absolute atomic E-state index is 14.5. The molecule has 3 aromatic rings. The standard InChI is InChI=1S/C18H17F2N5O2/c1-24-8-12(15-16(21)22-9-23-17(15)24)10-2-3-14(13(20)6-10)27-18(26)25-5-4-11(19)7-25/h2-3,6,8-9,11H,4-5,7H2,1H3,(H2,21,22,23). The van der Waals surface area contributed by atoms with Gasteiger partial charge in [-0.1, -0.05) is 6.07 Å². The quantitative estimate of drug-likeness (QED) is 0.746. The number of amides is 1. The van der Waals surface area contributed by atoms with Crippen LogP contribution in [0.3, 0.4) is 0 Å². The maximum atomic E-state index is 14.5. The molecule has 0 bridgehead atoms. The van der Waals surface area contributed by atoms with Crippen LogP contribution in [0.1, 0.15) is 6.42 Å². The van der Waals surface area contributed by atoms with Gasteiger partial charge in [-0.15, -0.1) is 0 Å². The lowest BCUT2D eigenvalue weighted by Crippen LogP contribution is -2.31. The van der Waals surface area contributed by atoms with Gasteiger partial charge in [0.1, 0.15) is 24.0 Å². The smallest absolute Gasteiger partial charge is 0.407 e. The SMILES string of the molecule is Cn1cc(-c2ccc(OC(=O)N3CCC(F)C3)c(F)c2)c2c(N)ncnc21. The number of nitrogens with two attached hydrogens (primary N) is 1. The van der Waals surface area contributed by atoms with E-state index in [-0.39, 0.29) is 25.3 Å². The van der Waals surface area contributed by atoms with Crippen molar-refractivity contribution in [2.45, 2.75) is 12.6 Å². The Labute approximate surface area is 153 Å². The Morgan fingerprint density at radius 1 is 1.37 bits per heavy atom. The maximum Gasteiger partial charge on any atom is 0.415 e. The van der Waals surface area contributed by atoms with E-state index >= 15 is 0 Å². The van der Waals surface area contributed by atoms with Crippen LogP contribution in [-0.4, -0.2) is 44.8 Å². The van der Waals surface area contributed by atoms with E-state index in [0.717, 1.165) is 0 Å². The van der Waals surface area contributed by atoms with Gasteiger partial charge in [0.25, 0.3) is 0 Å². The molecule has 1 fully saturated rings. The Bertz CT molecular complexity index is 1040. The van der Waals surface area contributed by atoms with E-state index in [9.17, 15) is 13.6 Å². The lowest BCUT2D eigenvalue weighted by Gasteiger charge is -2.15. The normalized spacial score (nSPS) is 16.9. The number of rotatable bonds is 2. The van der Waals surface area contributed by atoms with Gasteiger partial charge in [-0.3, -0.25) is 0 Å². The van der Waals surface area contributed by atoms with Gasteiger partial charge in [0.2, 0.25) is 0 Å². The molecular weight excluding hydrogens is 356 g/mol. The first-order valence-corrected chi connectivity index (χ1v) is 8.40. The van der Waals surface area contributed by atoms with Crippen molar-refractivity contribution < 1.29 is 18.3 Å². The number of likely N-dealkylation sites (tertiary alicyclic amines) is 1. The molecule has 1 saturated heterocycles. The molecule has 4 rings (SSSR count). The third-order valence-electron chi connectivity index (χ3n) is 4.61. The van der Waals surface area contributed by atoms with Gasteiger partial charge in [-0.05, 0) is 24.1 Å². The summed E-state index contributed by atoms with van der Waals surface area (Å²) in [6.07, 6.45) is 1.58. The first-order valence-electron chi connectivity index (χ1n) is 8.40. The second kappa shape index (κ2) is 6.49. The minimum atomic E-state index is -1.07. The third kappa shape index (κ3) is 3.05. The second-order valence-corrected chi connectivity index (χ2v) is 6.46. The van der Waals surface area contributed by atoms with Crippen molar-refractivity contribution in [2.75, 3.05) is 18.8 Å². The van der Waals surface area contributed by atoms with Crippen LogP contribution in [0, 0.1) is 5.82 Å². The molecule has 1 unspecified atom stereocenters. The number of aromatic nitrogens is 3. The van der Waals surface area contributed by atoms with Crippen LogP contribution < -0.4 is 10.5 Å². The van der Waals surface area contributed by atoms with E-state index in [1.165, 1.54) is 23.4 Å². The monoisotopic (exact) mass is 373 g/mol. The zero-order valence-corrected chi connectivity index (χ0v) is 14.5. The minimum Gasteiger partial charge on any atom is -0.407 e. The van der Waals surface area contributed by atoms with Crippen LogP contribution >= 0.6 is 0 Å². The van der Waals surface area contributed by atoms with Crippen molar-refractivity contribution in [3.63, 3.8) is 0 Å². The van der Waals surface area contributed by atoms with E-state index in [0.29, 0.717) is 28.0 Å². The van der Waals surface area contributed by atoms with Gasteiger partial charge in [0.05, 0.1) is 11.9 Å². The molecule has 2 aromatic heterocycles. The Balaban J connectivity index is 1.64. The molecular formula is C18H17F2N5O2. The van der Waals surface area contributed by atoms with E-state index in [1.807, 2.05) is 0 Å². The Hall–Kier alpha value is -3.23. The fourth-order valence-electron chi connectivity index (χ4n) is 3.25. The number of nitrogens with zero attached hydrogens (tertiary/aromatic N) is 4. The summed E-state index contributed by atoms with van der Waals surface area (Å²) in [4.78, 5) is 21.4. The molecule has 140 valence electrons. The topological polar surface area (TPSA) is 86.3 Å². The molecule has 1 aliphatic rings. The van der Waals surface area contributed by atoms with E-state index in [1.54, 1.807) is 23.9 Å². The van der Waals surface area contributed by atoms with Crippen molar-refractivity contribution in [3.8, 4) is 16.9 Å². The van der Waals surface area contributed by atoms with Gasteiger partial charge in [0, 0.05) is 25.4 Å². The number of carbonyl (C=O) groups is 1. The van der Waals surface area contributed by atoms with Crippen LogP contribution in [0.5, 0.6) is 5.75 Å². The highest BCUT2D eigenvalue weighted by atomic mass is 19.1. The van der Waals surface area contributed by atoms with Crippen molar-refractivity contribution in [3.05, 3.63) is 36.5 Å². The molecule has 0 aliphatic carbocycles. The summed E-state index contributed by atoms with van der Waals surface area (Å²) in [5.41, 5.74) is 7.80. The van der Waals surface area contributed by atoms with Crippen molar-refractivity contribution in [2.24, 2.45) is 7.05 Å². The number of hydrogen-bond donors (Lipinski definition) is 1. The molecule has 0 saturated carbocycles. The predicted molar refractivity (Wildman–Crippen MR) is 95.4 cm³/mol. The number of benzene rings is 1. The molecule has 0 spiro atoms. The van der Waals surface area contributed by atoms with Gasteiger partial charge in [0.15, 0.2) is 11.6 Å². The number of alkyl halides is 1. The zero-order valence-electron chi connectivity index (χ0n) is 14.5. The summed E-state index contributed by atoms with van der Waals surface area (Å²) < 4.78 is 34.6. The predicted octanol–water partition coefficient (Wildman–Crippen LogP) is 2.90. The van der Waals surface area contributed by atoms with Gasteiger partial charge < -0.3 is 19.9 Å². The molecule has 9 heteroatoms. The number of nitrogen functional groups attached to an aromatic ring is 1. The summed E-state index contributed by atoms with van der Waals surface area (Å²) in [6, 6.07) is 4.24. The molecule has 1 aliphatic heterocycles. The molecule has 2 N–H and O–H groups in total. The number of aryl methyl sites for hydroxylation is 1. The number of carbonyl (C=O) groups excluding carboxylic acids is 1. The lowest BCUT2D eigenvalue weighted by molar-refractivity contribution is 0.157. The van der Waals surface area contributed by atoms with E-state index < -0.39 is 18.1 Å². The Morgan fingerprint density at radius 3 is 2.89 bits per heavy atom. The highest BCUT2D eigenvalue weighted by Gasteiger charge is 2.28. The first kappa shape index (κ1) is 17.2. The molecule has 1 amide bonds. The highest BCUT2D eigenvalue weighted by molar-refractivity contribution is 6.00. The van der Waals surface area contributed by atoms with Gasteiger partial charge >= 0.3 is 6.09 Å². The average molecular weight is 373 g/mol. The zero-order chi connectivity index (χ0) is 19.1. The summed E-state index contributed by atoms with van der Waals surface area (Å²) in [5.74, 6) is -0.624. The number of anilines is 1. The summed E-state index contributed by atoms with van der Waals surface area (Å²) in [7, 11) is 1.80. The third-order valence-corrected chi connectivity index (χ3v) is 4.61. The fraction of sp³-hybridized carbons (Fsp3) is 0.278. The number of fused-ring (bicyclic) bond motifs is 1. The number of hydrogen-bond acceptors (Lipinski definition) is 5. The van der Waals surface area contributed by atoms with Crippen LogP contribution in [-0.2, 0) is 7.05 Å². The van der Waals surface area contributed by atoms with E-state index in [4.69, 9.17) is 10.5 Å². The molecule has 1 aromatic carbocycles. The van der Waals surface area contributed by atoms with Crippen LogP contribution in [0.15, 0.2) is 30.7 Å². The fourth-order valence-corrected chi connectivity index (χ4v) is 3.25. The number of halogens is 2. The van der Waals surface area contributed by atoms with Crippen LogP contribution in [0.4, 0.5) is 19.4 Å². The molecule has 3 heterocycles.